The highest BCUT2D eigenvalue weighted by Crippen LogP contribution is 2.29. The van der Waals surface area contributed by atoms with E-state index in [0.717, 1.165) is 51.4 Å². The molecule has 7 heteroatoms. The van der Waals surface area contributed by atoms with Gasteiger partial charge in [0.25, 0.3) is 5.91 Å². The van der Waals surface area contributed by atoms with Crippen LogP contribution in [0.4, 0.5) is 0 Å². The van der Waals surface area contributed by atoms with Crippen LogP contribution in [-0.4, -0.2) is 45.5 Å². The lowest BCUT2D eigenvalue weighted by Crippen LogP contribution is -2.38. The van der Waals surface area contributed by atoms with Crippen molar-refractivity contribution in [2.75, 3.05) is 14.2 Å². The van der Waals surface area contributed by atoms with Gasteiger partial charge in [-0.25, -0.2) is 13.1 Å². The van der Waals surface area contributed by atoms with Gasteiger partial charge in [0.2, 0.25) is 10.0 Å². The molecule has 6 nitrogen and oxygen atoms in total. The zero-order chi connectivity index (χ0) is 19.4. The predicted molar refractivity (Wildman–Crippen MR) is 105 cm³/mol. The molecule has 1 amide bonds. The fourth-order valence-corrected chi connectivity index (χ4v) is 5.68. The number of amides is 1. The summed E-state index contributed by atoms with van der Waals surface area (Å²) in [5.41, 5.74) is 0.385. The van der Waals surface area contributed by atoms with Crippen molar-refractivity contribution < 1.29 is 17.9 Å². The first-order valence-electron chi connectivity index (χ1n) is 9.90. The summed E-state index contributed by atoms with van der Waals surface area (Å²) in [6, 6.07) is 4.87. The van der Waals surface area contributed by atoms with Gasteiger partial charge in [0.15, 0.2) is 0 Å². The molecular weight excluding hydrogens is 364 g/mol. The summed E-state index contributed by atoms with van der Waals surface area (Å²) in [7, 11) is -0.482. The Morgan fingerprint density at radius 2 is 1.70 bits per heavy atom. The lowest BCUT2D eigenvalue weighted by Gasteiger charge is -2.31. The molecule has 0 radical (unpaired) electrons. The third-order valence-electron chi connectivity index (χ3n) is 5.82. The van der Waals surface area contributed by atoms with Crippen molar-refractivity contribution in [2.45, 2.75) is 74.8 Å². The van der Waals surface area contributed by atoms with Crippen LogP contribution in [0.2, 0.25) is 0 Å². The Hall–Kier alpha value is -1.60. The number of nitrogens with one attached hydrogen (secondary N) is 1. The smallest absolute Gasteiger partial charge is 0.253 e. The molecule has 0 bridgehead atoms. The Labute approximate surface area is 162 Å². The maximum atomic E-state index is 12.9. The van der Waals surface area contributed by atoms with Crippen LogP contribution in [0, 0.1) is 0 Å². The minimum absolute atomic E-state index is 0.0380. The van der Waals surface area contributed by atoms with E-state index in [1.165, 1.54) is 19.6 Å². The highest BCUT2D eigenvalue weighted by molar-refractivity contribution is 7.89. The molecular formula is C20H30N2O4S. The van der Waals surface area contributed by atoms with E-state index in [4.69, 9.17) is 4.74 Å². The van der Waals surface area contributed by atoms with Gasteiger partial charge in [-0.2, -0.15) is 0 Å². The van der Waals surface area contributed by atoms with Crippen molar-refractivity contribution in [1.82, 2.24) is 9.62 Å². The number of sulfonamides is 1. The van der Waals surface area contributed by atoms with Crippen LogP contribution in [0.15, 0.2) is 23.1 Å². The maximum Gasteiger partial charge on any atom is 0.253 e. The Morgan fingerprint density at radius 3 is 2.33 bits per heavy atom. The van der Waals surface area contributed by atoms with Gasteiger partial charge in [-0.15, -0.1) is 0 Å². The van der Waals surface area contributed by atoms with Gasteiger partial charge in [-0.05, 0) is 43.9 Å². The molecule has 0 unspecified atom stereocenters. The van der Waals surface area contributed by atoms with Crippen molar-refractivity contribution in [3.63, 3.8) is 0 Å². The monoisotopic (exact) mass is 394 g/mol. The second-order valence-electron chi connectivity index (χ2n) is 7.68. The highest BCUT2D eigenvalue weighted by Gasteiger charge is 2.28. The molecule has 0 saturated heterocycles. The fraction of sp³-hybridized carbons (Fsp3) is 0.650. The van der Waals surface area contributed by atoms with Crippen molar-refractivity contribution in [1.29, 1.82) is 0 Å². The lowest BCUT2D eigenvalue weighted by molar-refractivity contribution is 0.0696. The number of hydrogen-bond donors (Lipinski definition) is 1. The van der Waals surface area contributed by atoms with Crippen LogP contribution in [0.3, 0.4) is 0 Å². The Kier molecular flexibility index (Phi) is 6.42. The molecule has 150 valence electrons. The Morgan fingerprint density at radius 1 is 1.07 bits per heavy atom. The molecule has 2 fully saturated rings. The zero-order valence-electron chi connectivity index (χ0n) is 16.2. The normalized spacial score (nSPS) is 19.2. The Balaban J connectivity index is 1.85. The van der Waals surface area contributed by atoms with Gasteiger partial charge in [0.05, 0.1) is 7.11 Å². The average Bonchev–Trinajstić information content (AvgIpc) is 3.19. The molecule has 27 heavy (non-hydrogen) atoms. The van der Waals surface area contributed by atoms with Gasteiger partial charge < -0.3 is 9.64 Å². The van der Waals surface area contributed by atoms with E-state index in [9.17, 15) is 13.2 Å². The topological polar surface area (TPSA) is 75.7 Å². The predicted octanol–water partition coefficient (Wildman–Crippen LogP) is 3.32. The first kappa shape index (κ1) is 20.1. The molecule has 1 aromatic carbocycles. The summed E-state index contributed by atoms with van der Waals surface area (Å²) in [5, 5.41) is 0. The molecule has 0 aromatic heterocycles. The van der Waals surface area contributed by atoms with E-state index >= 15 is 0 Å². The van der Waals surface area contributed by atoms with Crippen molar-refractivity contribution in [3.05, 3.63) is 23.8 Å². The van der Waals surface area contributed by atoms with Crippen LogP contribution in [0.25, 0.3) is 0 Å². The minimum atomic E-state index is -3.74. The standard InChI is InChI=1S/C20H30N2O4S/c1-22(17-10-4-3-5-11-17)20(23)15-12-13-18(26-2)19(14-15)27(24,25)21-16-8-6-7-9-16/h12-14,16-17,21H,3-11H2,1-2H3. The number of benzene rings is 1. The van der Waals surface area contributed by atoms with E-state index in [0.29, 0.717) is 5.56 Å². The zero-order valence-corrected chi connectivity index (χ0v) is 17.1. The van der Waals surface area contributed by atoms with E-state index < -0.39 is 10.0 Å². The Bertz CT molecular complexity index is 766. The van der Waals surface area contributed by atoms with Gasteiger partial charge in [-0.3, -0.25) is 4.79 Å². The second-order valence-corrected chi connectivity index (χ2v) is 9.36. The summed E-state index contributed by atoms with van der Waals surface area (Å²) in [6.07, 6.45) is 9.28. The summed E-state index contributed by atoms with van der Waals surface area (Å²) in [6.45, 7) is 0. The molecule has 1 aromatic rings. The third-order valence-corrected chi connectivity index (χ3v) is 7.36. The number of methoxy groups -OCH3 is 1. The molecule has 2 aliphatic rings. The summed E-state index contributed by atoms with van der Waals surface area (Å²) in [4.78, 5) is 14.7. The number of ether oxygens (including phenoxy) is 1. The molecule has 1 N–H and O–H groups in total. The molecule has 3 rings (SSSR count). The van der Waals surface area contributed by atoms with Crippen LogP contribution in [0.5, 0.6) is 5.75 Å². The van der Waals surface area contributed by atoms with Gasteiger partial charge in [0.1, 0.15) is 10.6 Å². The second kappa shape index (κ2) is 8.61. The average molecular weight is 395 g/mol. The first-order chi connectivity index (χ1) is 12.9. The van der Waals surface area contributed by atoms with E-state index in [-0.39, 0.29) is 28.6 Å². The molecule has 2 saturated carbocycles. The number of nitrogens with zero attached hydrogens (tertiary/aromatic N) is 1. The molecule has 0 spiro atoms. The lowest BCUT2D eigenvalue weighted by atomic mass is 9.94. The molecule has 2 aliphatic carbocycles. The molecule has 0 aliphatic heterocycles. The van der Waals surface area contributed by atoms with Gasteiger partial charge in [-0.1, -0.05) is 32.1 Å². The van der Waals surface area contributed by atoms with Crippen LogP contribution in [0.1, 0.15) is 68.1 Å². The largest absolute Gasteiger partial charge is 0.495 e. The molecule has 0 heterocycles. The summed E-state index contributed by atoms with van der Waals surface area (Å²) >= 11 is 0. The minimum Gasteiger partial charge on any atom is -0.495 e. The van der Waals surface area contributed by atoms with Crippen LogP contribution >= 0.6 is 0 Å². The quantitative estimate of drug-likeness (QED) is 0.803. The van der Waals surface area contributed by atoms with E-state index in [1.807, 2.05) is 7.05 Å². The van der Waals surface area contributed by atoms with Crippen molar-refractivity contribution in [3.8, 4) is 5.75 Å². The van der Waals surface area contributed by atoms with Crippen molar-refractivity contribution in [2.24, 2.45) is 0 Å². The number of hydrogen-bond acceptors (Lipinski definition) is 4. The van der Waals surface area contributed by atoms with Crippen LogP contribution < -0.4 is 9.46 Å². The van der Waals surface area contributed by atoms with E-state index in [1.54, 1.807) is 17.0 Å². The molecule has 0 atom stereocenters. The van der Waals surface area contributed by atoms with Crippen molar-refractivity contribution >= 4 is 15.9 Å². The van der Waals surface area contributed by atoms with Gasteiger partial charge >= 0.3 is 0 Å². The maximum absolute atomic E-state index is 12.9. The number of rotatable bonds is 6. The third kappa shape index (κ3) is 4.63. The number of carbonyl (C=O) groups is 1. The number of carbonyl (C=O) groups excluding carboxylic acids is 1. The fourth-order valence-electron chi connectivity index (χ4n) is 4.18. The summed E-state index contributed by atoms with van der Waals surface area (Å²) in [5.74, 6) is 0.124. The first-order valence-corrected chi connectivity index (χ1v) is 11.4. The SMILES string of the molecule is COc1ccc(C(=O)N(C)C2CCCCC2)cc1S(=O)(=O)NC1CCCC1. The van der Waals surface area contributed by atoms with Crippen LogP contribution in [-0.2, 0) is 10.0 Å². The van der Waals surface area contributed by atoms with Gasteiger partial charge in [0, 0.05) is 24.7 Å². The van der Waals surface area contributed by atoms with E-state index in [2.05, 4.69) is 4.72 Å². The summed E-state index contributed by atoms with van der Waals surface area (Å²) < 4.78 is 33.8. The highest BCUT2D eigenvalue weighted by atomic mass is 32.2.